The molecule has 1 aliphatic rings. The van der Waals surface area contributed by atoms with Crippen LogP contribution in [0, 0.1) is 0 Å². The van der Waals surface area contributed by atoms with E-state index >= 15 is 0 Å². The summed E-state index contributed by atoms with van der Waals surface area (Å²) >= 11 is 6.19. The normalized spacial score (nSPS) is 23.6. The Balaban J connectivity index is 2.26. The third-order valence-electron chi connectivity index (χ3n) is 3.65. The molecule has 0 spiro atoms. The minimum Gasteiger partial charge on any atom is -0.378 e. The van der Waals surface area contributed by atoms with Crippen molar-refractivity contribution in [2.45, 2.75) is 51.4 Å². The van der Waals surface area contributed by atoms with Crippen molar-refractivity contribution in [2.24, 2.45) is 5.73 Å². The molecule has 110 valence electrons. The van der Waals surface area contributed by atoms with Gasteiger partial charge in [0, 0.05) is 5.56 Å². The molecule has 0 bridgehead atoms. The van der Waals surface area contributed by atoms with Gasteiger partial charge in [-0.05, 0) is 52.3 Å². The lowest BCUT2D eigenvalue weighted by molar-refractivity contribution is -0.0662. The number of nitrogens with one attached hydrogen (secondary N) is 1. The van der Waals surface area contributed by atoms with Crippen LogP contribution in [-0.4, -0.2) is 23.2 Å². The molecule has 1 heterocycles. The van der Waals surface area contributed by atoms with Crippen molar-refractivity contribution in [3.05, 3.63) is 28.8 Å². The van der Waals surface area contributed by atoms with Crippen LogP contribution in [0.5, 0.6) is 0 Å². The quantitative estimate of drug-likeness (QED) is 0.900. The Bertz CT molecular complexity index is 541. The number of amides is 1. The molecule has 1 unspecified atom stereocenters. The topological polar surface area (TPSA) is 64.3 Å². The van der Waals surface area contributed by atoms with Crippen molar-refractivity contribution in [2.75, 3.05) is 5.32 Å². The van der Waals surface area contributed by atoms with Crippen LogP contribution in [0.25, 0.3) is 0 Å². The van der Waals surface area contributed by atoms with Gasteiger partial charge in [0.1, 0.15) is 0 Å². The monoisotopic (exact) mass is 296 g/mol. The molecule has 1 amide bonds. The largest absolute Gasteiger partial charge is 0.378 e. The van der Waals surface area contributed by atoms with Crippen molar-refractivity contribution < 1.29 is 9.53 Å². The van der Waals surface area contributed by atoms with Crippen LogP contribution in [0.1, 0.15) is 44.5 Å². The lowest BCUT2D eigenvalue weighted by Crippen LogP contribution is -2.38. The summed E-state index contributed by atoms with van der Waals surface area (Å²) in [5, 5.41) is 3.95. The van der Waals surface area contributed by atoms with Gasteiger partial charge in [-0.3, -0.25) is 4.79 Å². The Kier molecular flexibility index (Phi) is 3.73. The summed E-state index contributed by atoms with van der Waals surface area (Å²) in [4.78, 5) is 11.3. The SMILES string of the molecule is CC1(C)CC(Nc2cc(C(N)=O)ccc2Cl)C(C)(C)O1. The summed E-state index contributed by atoms with van der Waals surface area (Å²) in [6, 6.07) is 5.10. The minimum atomic E-state index is -0.466. The van der Waals surface area contributed by atoms with Crippen LogP contribution >= 0.6 is 11.6 Å². The highest BCUT2D eigenvalue weighted by Gasteiger charge is 2.45. The fourth-order valence-corrected chi connectivity index (χ4v) is 2.94. The van der Waals surface area contributed by atoms with Gasteiger partial charge in [0.2, 0.25) is 5.91 Å². The summed E-state index contributed by atoms with van der Waals surface area (Å²) in [6.07, 6.45) is 0.858. The van der Waals surface area contributed by atoms with E-state index in [2.05, 4.69) is 19.2 Å². The van der Waals surface area contributed by atoms with Gasteiger partial charge in [-0.2, -0.15) is 0 Å². The molecule has 20 heavy (non-hydrogen) atoms. The zero-order valence-corrected chi connectivity index (χ0v) is 13.0. The highest BCUT2D eigenvalue weighted by atomic mass is 35.5. The maximum absolute atomic E-state index is 11.3. The Labute approximate surface area is 124 Å². The third-order valence-corrected chi connectivity index (χ3v) is 3.98. The lowest BCUT2D eigenvalue weighted by atomic mass is 9.94. The molecular formula is C15H21ClN2O2. The summed E-state index contributed by atoms with van der Waals surface area (Å²) in [6.45, 7) is 8.23. The number of hydrogen-bond donors (Lipinski definition) is 2. The van der Waals surface area contributed by atoms with E-state index in [0.29, 0.717) is 16.3 Å². The molecule has 3 N–H and O–H groups in total. The van der Waals surface area contributed by atoms with Gasteiger partial charge in [-0.25, -0.2) is 0 Å². The second kappa shape index (κ2) is 4.93. The Morgan fingerprint density at radius 3 is 2.55 bits per heavy atom. The summed E-state index contributed by atoms with van der Waals surface area (Å²) in [5.41, 5.74) is 5.96. The summed E-state index contributed by atoms with van der Waals surface area (Å²) in [5.74, 6) is -0.466. The van der Waals surface area contributed by atoms with Gasteiger partial charge < -0.3 is 15.8 Å². The molecule has 1 atom stereocenters. The van der Waals surface area contributed by atoms with E-state index in [1.807, 2.05) is 13.8 Å². The molecule has 4 nitrogen and oxygen atoms in total. The van der Waals surface area contributed by atoms with E-state index in [1.54, 1.807) is 18.2 Å². The third kappa shape index (κ3) is 3.07. The van der Waals surface area contributed by atoms with Crippen molar-refractivity contribution in [3.8, 4) is 0 Å². The van der Waals surface area contributed by atoms with Crippen molar-refractivity contribution in [1.82, 2.24) is 0 Å². The molecule has 1 aromatic carbocycles. The molecule has 1 saturated heterocycles. The standard InChI is InChI=1S/C15H21ClN2O2/c1-14(2)8-12(15(3,4)20-14)18-11-7-9(13(17)19)5-6-10(11)16/h5-7,12,18H,8H2,1-4H3,(H2,17,19). The van der Waals surface area contributed by atoms with E-state index in [0.717, 1.165) is 6.42 Å². The zero-order chi connectivity index (χ0) is 15.1. The first-order valence-electron chi connectivity index (χ1n) is 6.67. The number of carbonyl (C=O) groups is 1. The van der Waals surface area contributed by atoms with Gasteiger partial charge in [0.05, 0.1) is 28.0 Å². The first-order chi connectivity index (χ1) is 9.11. The average molecular weight is 297 g/mol. The van der Waals surface area contributed by atoms with E-state index in [1.165, 1.54) is 0 Å². The molecule has 0 radical (unpaired) electrons. The highest BCUT2D eigenvalue weighted by molar-refractivity contribution is 6.33. The van der Waals surface area contributed by atoms with E-state index in [-0.39, 0.29) is 17.2 Å². The predicted molar refractivity (Wildman–Crippen MR) is 81.2 cm³/mol. The number of hydrogen-bond acceptors (Lipinski definition) is 3. The first kappa shape index (κ1) is 15.1. The Hall–Kier alpha value is -1.26. The average Bonchev–Trinajstić information content (AvgIpc) is 2.49. The fourth-order valence-electron chi connectivity index (χ4n) is 2.76. The Morgan fingerprint density at radius 1 is 1.40 bits per heavy atom. The molecule has 0 aliphatic carbocycles. The van der Waals surface area contributed by atoms with E-state index in [4.69, 9.17) is 22.1 Å². The van der Waals surface area contributed by atoms with Crippen molar-refractivity contribution in [3.63, 3.8) is 0 Å². The molecule has 1 aliphatic heterocycles. The maximum atomic E-state index is 11.3. The van der Waals surface area contributed by atoms with Gasteiger partial charge in [0.25, 0.3) is 0 Å². The molecule has 2 rings (SSSR count). The van der Waals surface area contributed by atoms with Crippen LogP contribution in [-0.2, 0) is 4.74 Å². The Morgan fingerprint density at radius 2 is 2.05 bits per heavy atom. The smallest absolute Gasteiger partial charge is 0.248 e. The predicted octanol–water partition coefficient (Wildman–Crippen LogP) is 3.20. The number of ether oxygens (including phenoxy) is 1. The van der Waals surface area contributed by atoms with Gasteiger partial charge in [-0.1, -0.05) is 11.6 Å². The lowest BCUT2D eigenvalue weighted by Gasteiger charge is -2.28. The highest BCUT2D eigenvalue weighted by Crippen LogP contribution is 2.39. The number of halogens is 1. The fraction of sp³-hybridized carbons (Fsp3) is 0.533. The molecule has 0 saturated carbocycles. The van der Waals surface area contributed by atoms with Gasteiger partial charge in [0.15, 0.2) is 0 Å². The molecule has 5 heteroatoms. The van der Waals surface area contributed by atoms with Crippen LogP contribution in [0.2, 0.25) is 5.02 Å². The first-order valence-corrected chi connectivity index (χ1v) is 7.05. The van der Waals surface area contributed by atoms with Gasteiger partial charge in [-0.15, -0.1) is 0 Å². The second-order valence-corrected chi connectivity index (χ2v) is 6.83. The van der Waals surface area contributed by atoms with Crippen LogP contribution in [0.3, 0.4) is 0 Å². The maximum Gasteiger partial charge on any atom is 0.248 e. The molecule has 1 aromatic rings. The van der Waals surface area contributed by atoms with Crippen LogP contribution in [0.15, 0.2) is 18.2 Å². The van der Waals surface area contributed by atoms with E-state index in [9.17, 15) is 4.79 Å². The number of primary amides is 1. The second-order valence-electron chi connectivity index (χ2n) is 6.43. The van der Waals surface area contributed by atoms with Crippen LogP contribution < -0.4 is 11.1 Å². The molecular weight excluding hydrogens is 276 g/mol. The van der Waals surface area contributed by atoms with E-state index < -0.39 is 5.91 Å². The zero-order valence-electron chi connectivity index (χ0n) is 12.3. The van der Waals surface area contributed by atoms with Crippen molar-refractivity contribution >= 4 is 23.2 Å². The number of anilines is 1. The summed E-state index contributed by atoms with van der Waals surface area (Å²) < 4.78 is 6.04. The number of rotatable bonds is 3. The van der Waals surface area contributed by atoms with Gasteiger partial charge >= 0.3 is 0 Å². The minimum absolute atomic E-state index is 0.109. The molecule has 0 aromatic heterocycles. The van der Waals surface area contributed by atoms with Crippen molar-refractivity contribution in [1.29, 1.82) is 0 Å². The molecule has 1 fully saturated rings. The van der Waals surface area contributed by atoms with Crippen LogP contribution in [0.4, 0.5) is 5.69 Å². The number of benzene rings is 1. The number of carbonyl (C=O) groups excluding carboxylic acids is 1. The number of nitrogens with two attached hydrogens (primary N) is 1. The summed E-state index contributed by atoms with van der Waals surface area (Å²) in [7, 11) is 0.